The van der Waals surface area contributed by atoms with Crippen molar-refractivity contribution in [3.8, 4) is 11.1 Å². The number of pyridine rings is 1. The summed E-state index contributed by atoms with van der Waals surface area (Å²) in [4.78, 5) is 13.2. The van der Waals surface area contributed by atoms with Gasteiger partial charge in [0.1, 0.15) is 17.2 Å². The highest BCUT2D eigenvalue weighted by Gasteiger charge is 2.41. The van der Waals surface area contributed by atoms with Gasteiger partial charge in [-0.05, 0) is 68.9 Å². The van der Waals surface area contributed by atoms with Crippen molar-refractivity contribution < 1.29 is 9.63 Å². The molecule has 1 fully saturated rings. The van der Waals surface area contributed by atoms with Gasteiger partial charge in [0.25, 0.3) is 0 Å². The number of benzene rings is 1. The van der Waals surface area contributed by atoms with E-state index in [9.17, 15) is 5.11 Å². The zero-order chi connectivity index (χ0) is 23.2. The summed E-state index contributed by atoms with van der Waals surface area (Å²) in [6, 6.07) is 9.93. The largest absolute Gasteiger partial charge is 0.378 e. The molecule has 33 heavy (non-hydrogen) atoms. The number of hydrogen-bond donors (Lipinski definition) is 2. The lowest BCUT2D eigenvalue weighted by Crippen LogP contribution is -2.36. The maximum absolute atomic E-state index is 12.5. The standard InChI is InChI=1S/C27H32N4O2/c1-5-6-9-16(2)27(32,23-10-7-8-13-28-23)21-14-20(24-17(3)31-33-18(24)4)15-22-25(21)30-26(29-22)19-11-12-19/h7-8,10,13-16,19,32H,5-6,9,11-12H2,1-4H3,(H,29,30). The Hall–Kier alpha value is -2.99. The molecule has 172 valence electrons. The Balaban J connectivity index is 1.79. The molecule has 2 N–H and O–H groups in total. The Morgan fingerprint density at radius 3 is 2.70 bits per heavy atom. The second-order valence-corrected chi connectivity index (χ2v) is 9.54. The third kappa shape index (κ3) is 3.76. The number of imidazole rings is 1. The maximum Gasteiger partial charge on any atom is 0.141 e. The number of nitrogens with zero attached hydrogens (tertiary/aromatic N) is 3. The van der Waals surface area contributed by atoms with Crippen LogP contribution in [0.2, 0.25) is 0 Å². The van der Waals surface area contributed by atoms with Gasteiger partial charge in [-0.3, -0.25) is 4.98 Å². The molecule has 0 bridgehead atoms. The molecule has 1 aliphatic carbocycles. The molecule has 6 heteroatoms. The summed E-state index contributed by atoms with van der Waals surface area (Å²) in [6.45, 7) is 8.18. The smallest absolute Gasteiger partial charge is 0.141 e. The van der Waals surface area contributed by atoms with Crippen molar-refractivity contribution in [2.45, 2.75) is 71.3 Å². The SMILES string of the molecule is CCCCC(C)C(O)(c1ccccn1)c1cc(-c2c(C)noc2C)cc2[nH]c(C3CC3)nc12. The van der Waals surface area contributed by atoms with Crippen LogP contribution in [0.3, 0.4) is 0 Å². The Labute approximate surface area is 194 Å². The predicted molar refractivity (Wildman–Crippen MR) is 129 cm³/mol. The van der Waals surface area contributed by atoms with E-state index >= 15 is 0 Å². The predicted octanol–water partition coefficient (Wildman–Crippen LogP) is 6.17. The first-order chi connectivity index (χ1) is 15.9. The molecule has 0 aliphatic heterocycles. The third-order valence-corrected chi connectivity index (χ3v) is 7.06. The van der Waals surface area contributed by atoms with Crippen LogP contribution in [-0.2, 0) is 5.60 Å². The van der Waals surface area contributed by atoms with Crippen molar-refractivity contribution in [2.24, 2.45) is 5.92 Å². The van der Waals surface area contributed by atoms with Crippen molar-refractivity contribution in [2.75, 3.05) is 0 Å². The van der Waals surface area contributed by atoms with Crippen molar-refractivity contribution in [1.29, 1.82) is 0 Å². The average molecular weight is 445 g/mol. The molecule has 3 aromatic heterocycles. The molecule has 3 heterocycles. The van der Waals surface area contributed by atoms with Crippen molar-refractivity contribution in [3.63, 3.8) is 0 Å². The molecule has 1 aromatic carbocycles. The first kappa shape index (κ1) is 21.8. The zero-order valence-electron chi connectivity index (χ0n) is 19.9. The van der Waals surface area contributed by atoms with Crippen LogP contribution in [0.25, 0.3) is 22.2 Å². The fraction of sp³-hybridized carbons (Fsp3) is 0.444. The quantitative estimate of drug-likeness (QED) is 0.339. The molecule has 0 radical (unpaired) electrons. The monoisotopic (exact) mass is 444 g/mol. The van der Waals surface area contributed by atoms with E-state index < -0.39 is 5.60 Å². The molecule has 6 nitrogen and oxygen atoms in total. The fourth-order valence-corrected chi connectivity index (χ4v) is 4.98. The minimum Gasteiger partial charge on any atom is -0.378 e. The molecule has 1 saturated carbocycles. The summed E-state index contributed by atoms with van der Waals surface area (Å²) in [6.07, 6.45) is 7.07. The number of aryl methyl sites for hydroxylation is 2. The van der Waals surface area contributed by atoms with Gasteiger partial charge in [-0.1, -0.05) is 37.9 Å². The molecule has 2 atom stereocenters. The molecule has 0 amide bonds. The summed E-state index contributed by atoms with van der Waals surface area (Å²) in [5.74, 6) is 2.21. The van der Waals surface area contributed by atoms with Gasteiger partial charge in [-0.15, -0.1) is 0 Å². The number of aliphatic hydroxyl groups is 1. The number of H-pyrrole nitrogens is 1. The van der Waals surface area contributed by atoms with E-state index in [0.29, 0.717) is 11.6 Å². The van der Waals surface area contributed by atoms with E-state index in [2.05, 4.69) is 41.1 Å². The number of nitrogens with one attached hydrogen (secondary N) is 1. The number of hydrogen-bond acceptors (Lipinski definition) is 5. The minimum atomic E-state index is -1.28. The van der Waals surface area contributed by atoms with Gasteiger partial charge in [0.2, 0.25) is 0 Å². The van der Waals surface area contributed by atoms with Crippen molar-refractivity contribution in [3.05, 3.63) is 65.1 Å². The fourth-order valence-electron chi connectivity index (χ4n) is 4.98. The lowest BCUT2D eigenvalue weighted by atomic mass is 9.76. The minimum absolute atomic E-state index is 0.0449. The lowest BCUT2D eigenvalue weighted by Gasteiger charge is -2.35. The van der Waals surface area contributed by atoms with E-state index in [1.807, 2.05) is 32.0 Å². The third-order valence-electron chi connectivity index (χ3n) is 7.06. The summed E-state index contributed by atoms with van der Waals surface area (Å²) in [5.41, 5.74) is 4.69. The molecular formula is C27H32N4O2. The number of fused-ring (bicyclic) bond motifs is 1. The molecule has 0 saturated heterocycles. The van der Waals surface area contributed by atoms with Gasteiger partial charge in [0.05, 0.1) is 22.4 Å². The van der Waals surface area contributed by atoms with Crippen LogP contribution >= 0.6 is 0 Å². The molecular weight excluding hydrogens is 412 g/mol. The molecule has 0 spiro atoms. The Bertz CT molecular complexity index is 1250. The lowest BCUT2D eigenvalue weighted by molar-refractivity contribution is 0.0165. The number of aromatic nitrogens is 4. The summed E-state index contributed by atoms with van der Waals surface area (Å²) >= 11 is 0. The number of aromatic amines is 1. The van der Waals surface area contributed by atoms with Crippen LogP contribution in [0.15, 0.2) is 41.1 Å². The Kier molecular flexibility index (Phi) is 5.57. The molecule has 5 rings (SSSR count). The van der Waals surface area contributed by atoms with Crippen LogP contribution in [0.4, 0.5) is 0 Å². The first-order valence-corrected chi connectivity index (χ1v) is 12.0. The number of unbranched alkanes of at least 4 members (excludes halogenated alkanes) is 1. The first-order valence-electron chi connectivity index (χ1n) is 12.0. The van der Waals surface area contributed by atoms with Gasteiger partial charge in [-0.2, -0.15) is 0 Å². The average Bonchev–Trinajstić information content (AvgIpc) is 3.50. The number of rotatable bonds is 8. The second-order valence-electron chi connectivity index (χ2n) is 9.54. The highest BCUT2D eigenvalue weighted by Crippen LogP contribution is 2.45. The van der Waals surface area contributed by atoms with Gasteiger partial charge >= 0.3 is 0 Å². The molecule has 1 aliphatic rings. The topological polar surface area (TPSA) is 87.8 Å². The highest BCUT2D eigenvalue weighted by atomic mass is 16.5. The van der Waals surface area contributed by atoms with Crippen LogP contribution in [-0.4, -0.2) is 25.2 Å². The van der Waals surface area contributed by atoms with Crippen LogP contribution < -0.4 is 0 Å². The van der Waals surface area contributed by atoms with Crippen molar-refractivity contribution in [1.82, 2.24) is 20.1 Å². The van der Waals surface area contributed by atoms with Gasteiger partial charge in [-0.25, -0.2) is 4.98 Å². The van der Waals surface area contributed by atoms with E-state index in [1.54, 1.807) is 6.20 Å². The summed E-state index contributed by atoms with van der Waals surface area (Å²) in [5, 5.41) is 16.7. The summed E-state index contributed by atoms with van der Waals surface area (Å²) < 4.78 is 5.48. The molecule has 2 unspecified atom stereocenters. The normalized spacial score (nSPS) is 16.8. The van der Waals surface area contributed by atoms with E-state index in [0.717, 1.165) is 77.1 Å². The molecule has 4 aromatic rings. The van der Waals surface area contributed by atoms with Crippen LogP contribution in [0.5, 0.6) is 0 Å². The highest BCUT2D eigenvalue weighted by molar-refractivity contribution is 5.87. The zero-order valence-corrected chi connectivity index (χ0v) is 19.9. The van der Waals surface area contributed by atoms with Crippen LogP contribution in [0.1, 0.15) is 80.4 Å². The van der Waals surface area contributed by atoms with Gasteiger partial charge in [0, 0.05) is 23.2 Å². The van der Waals surface area contributed by atoms with E-state index in [1.165, 1.54) is 0 Å². The van der Waals surface area contributed by atoms with Crippen molar-refractivity contribution >= 4 is 11.0 Å². The Morgan fingerprint density at radius 1 is 1.24 bits per heavy atom. The summed E-state index contributed by atoms with van der Waals surface area (Å²) in [7, 11) is 0. The second kappa shape index (κ2) is 8.41. The Morgan fingerprint density at radius 2 is 2.06 bits per heavy atom. The van der Waals surface area contributed by atoms with Gasteiger partial charge < -0.3 is 14.6 Å². The van der Waals surface area contributed by atoms with E-state index in [-0.39, 0.29) is 5.92 Å². The van der Waals surface area contributed by atoms with Gasteiger partial charge in [0.15, 0.2) is 0 Å². The van der Waals surface area contributed by atoms with E-state index in [4.69, 9.17) is 9.51 Å². The maximum atomic E-state index is 12.5. The van der Waals surface area contributed by atoms with Crippen LogP contribution in [0, 0.1) is 19.8 Å².